The molecular weight excluding hydrogens is 460 g/mol. The molecule has 0 bridgehead atoms. The van der Waals surface area contributed by atoms with E-state index in [2.05, 4.69) is 74.8 Å². The molecule has 0 saturated heterocycles. The third-order valence-corrected chi connectivity index (χ3v) is 7.39. The first-order valence-corrected chi connectivity index (χ1v) is 11.7. The van der Waals surface area contributed by atoms with Crippen LogP contribution in [-0.2, 0) is 4.79 Å². The van der Waals surface area contributed by atoms with Gasteiger partial charge in [0.05, 0.1) is 11.6 Å². The summed E-state index contributed by atoms with van der Waals surface area (Å²) in [5.41, 5.74) is 7.51. The van der Waals surface area contributed by atoms with Crippen molar-refractivity contribution in [3.05, 3.63) is 112 Å². The van der Waals surface area contributed by atoms with Crippen LogP contribution in [0.2, 0.25) is 0 Å². The Morgan fingerprint density at radius 2 is 1.69 bits per heavy atom. The van der Waals surface area contributed by atoms with Crippen LogP contribution in [0.5, 0.6) is 0 Å². The smallest absolute Gasteiger partial charge is 0.162 e. The third kappa shape index (κ3) is 3.09. The van der Waals surface area contributed by atoms with E-state index in [1.807, 2.05) is 36.5 Å². The highest BCUT2D eigenvalue weighted by Gasteiger charge is 2.38. The molecule has 2 heterocycles. The minimum Gasteiger partial charge on any atom is -0.373 e. The second kappa shape index (κ2) is 7.72. The summed E-state index contributed by atoms with van der Waals surface area (Å²) in [4.78, 5) is 18.3. The number of aromatic nitrogens is 1. The fourth-order valence-electron chi connectivity index (χ4n) is 5.23. The largest absolute Gasteiger partial charge is 0.373 e. The molecule has 1 N–H and O–H groups in total. The molecule has 1 aromatic heterocycles. The minimum absolute atomic E-state index is 0.175. The second-order valence-corrected chi connectivity index (χ2v) is 9.34. The number of carbonyl (C=O) groups excluding carboxylic acids is 1. The Morgan fingerprint density at radius 1 is 0.875 bits per heavy atom. The number of carbonyl (C=O) groups is 1. The quantitative estimate of drug-likeness (QED) is 0.333. The normalized spacial score (nSPS) is 20.0. The number of benzene rings is 3. The van der Waals surface area contributed by atoms with E-state index < -0.39 is 0 Å². The molecule has 0 fully saturated rings. The average Bonchev–Trinajstić information content (AvgIpc) is 2.84. The topological polar surface area (TPSA) is 42.0 Å². The average molecular weight is 481 g/mol. The highest BCUT2D eigenvalue weighted by Crippen LogP contribution is 2.51. The monoisotopic (exact) mass is 480 g/mol. The van der Waals surface area contributed by atoms with E-state index in [0.29, 0.717) is 6.42 Å². The number of nitrogens with one attached hydrogen (secondary N) is 1. The van der Waals surface area contributed by atoms with Gasteiger partial charge in [-0.25, -0.2) is 0 Å². The predicted octanol–water partition coefficient (Wildman–Crippen LogP) is 7.06. The van der Waals surface area contributed by atoms with Crippen molar-refractivity contribution in [1.29, 1.82) is 0 Å². The van der Waals surface area contributed by atoms with Gasteiger partial charge in [-0.2, -0.15) is 0 Å². The lowest BCUT2D eigenvalue weighted by Gasteiger charge is -2.37. The predicted molar refractivity (Wildman–Crippen MR) is 133 cm³/mol. The van der Waals surface area contributed by atoms with Gasteiger partial charge in [0.15, 0.2) is 5.78 Å². The van der Waals surface area contributed by atoms with Crippen molar-refractivity contribution in [1.82, 2.24) is 4.98 Å². The SMILES string of the molecule is O=C1CC(c2ccccc2)CC2=C1C(c1ccccc1Br)Nc1ccc3ncccc3c12. The van der Waals surface area contributed by atoms with Crippen molar-refractivity contribution < 1.29 is 4.79 Å². The zero-order valence-corrected chi connectivity index (χ0v) is 19.0. The molecule has 0 amide bonds. The lowest BCUT2D eigenvalue weighted by Crippen LogP contribution is -2.29. The fraction of sp³-hybridized carbons (Fsp3) is 0.143. The van der Waals surface area contributed by atoms with Crippen LogP contribution in [0.1, 0.15) is 41.5 Å². The summed E-state index contributed by atoms with van der Waals surface area (Å²) in [6, 6.07) is 26.7. The van der Waals surface area contributed by atoms with Gasteiger partial charge < -0.3 is 5.32 Å². The van der Waals surface area contributed by atoms with Crippen molar-refractivity contribution in [2.75, 3.05) is 5.32 Å². The summed E-state index contributed by atoms with van der Waals surface area (Å²) in [5, 5.41) is 4.79. The van der Waals surface area contributed by atoms with Gasteiger partial charge in [0.1, 0.15) is 0 Å². The Labute approximate surface area is 195 Å². The van der Waals surface area contributed by atoms with Gasteiger partial charge in [-0.1, -0.05) is 70.5 Å². The molecule has 2 unspecified atom stereocenters. The molecular formula is C28H21BrN2O. The van der Waals surface area contributed by atoms with Gasteiger partial charge in [0, 0.05) is 39.3 Å². The standard InChI is InChI=1S/C28H21BrN2O/c29-22-11-5-4-9-19(22)28-27-21(15-18(16-25(27)32)17-7-2-1-3-8-17)26-20-10-6-14-30-23(20)12-13-24(26)31-28/h1-14,18,28,31H,15-16H2. The van der Waals surface area contributed by atoms with Gasteiger partial charge in [-0.15, -0.1) is 0 Å². The number of anilines is 1. The van der Waals surface area contributed by atoms with Gasteiger partial charge in [0.2, 0.25) is 0 Å². The minimum atomic E-state index is -0.175. The summed E-state index contributed by atoms with van der Waals surface area (Å²) in [5.74, 6) is 0.403. The number of fused-ring (bicyclic) bond motifs is 4. The number of ketones is 1. The van der Waals surface area contributed by atoms with Crippen LogP contribution >= 0.6 is 15.9 Å². The number of halogens is 1. The molecule has 32 heavy (non-hydrogen) atoms. The maximum Gasteiger partial charge on any atom is 0.162 e. The summed E-state index contributed by atoms with van der Waals surface area (Å²) < 4.78 is 1.01. The van der Waals surface area contributed by atoms with Gasteiger partial charge in [-0.3, -0.25) is 9.78 Å². The molecule has 3 nitrogen and oxygen atoms in total. The van der Waals surface area contributed by atoms with Crippen molar-refractivity contribution in [3.63, 3.8) is 0 Å². The van der Waals surface area contributed by atoms with Crippen LogP contribution in [0.15, 0.2) is 95.1 Å². The third-order valence-electron chi connectivity index (χ3n) is 6.67. The van der Waals surface area contributed by atoms with Crippen LogP contribution in [-0.4, -0.2) is 10.8 Å². The summed E-state index contributed by atoms with van der Waals surface area (Å²) in [7, 11) is 0. The maximum atomic E-state index is 13.7. The molecule has 3 aromatic carbocycles. The second-order valence-electron chi connectivity index (χ2n) is 8.49. The van der Waals surface area contributed by atoms with Crippen LogP contribution in [0.25, 0.3) is 16.5 Å². The first-order valence-electron chi connectivity index (χ1n) is 10.9. The summed E-state index contributed by atoms with van der Waals surface area (Å²) >= 11 is 3.71. The Morgan fingerprint density at radius 3 is 2.53 bits per heavy atom. The molecule has 6 rings (SSSR count). The van der Waals surface area contributed by atoms with Crippen LogP contribution in [0.3, 0.4) is 0 Å². The van der Waals surface area contributed by atoms with E-state index >= 15 is 0 Å². The van der Waals surface area contributed by atoms with Crippen molar-refractivity contribution >= 4 is 43.9 Å². The molecule has 156 valence electrons. The number of allylic oxidation sites excluding steroid dienone is 1. The van der Waals surface area contributed by atoms with Crippen molar-refractivity contribution in [2.45, 2.75) is 24.8 Å². The highest BCUT2D eigenvalue weighted by molar-refractivity contribution is 9.10. The zero-order valence-electron chi connectivity index (χ0n) is 17.4. The molecule has 2 atom stereocenters. The number of pyridine rings is 1. The van der Waals surface area contributed by atoms with Crippen LogP contribution < -0.4 is 5.32 Å². The number of hydrogen-bond acceptors (Lipinski definition) is 3. The molecule has 0 spiro atoms. The molecule has 4 aromatic rings. The summed E-state index contributed by atoms with van der Waals surface area (Å²) in [6.07, 6.45) is 3.20. The number of rotatable bonds is 2. The van der Waals surface area contributed by atoms with Crippen LogP contribution in [0, 0.1) is 0 Å². The zero-order chi connectivity index (χ0) is 21.7. The Hall–Kier alpha value is -3.24. The van der Waals surface area contributed by atoms with Gasteiger partial charge >= 0.3 is 0 Å². The molecule has 1 aliphatic heterocycles. The molecule has 0 radical (unpaired) electrons. The summed E-state index contributed by atoms with van der Waals surface area (Å²) in [6.45, 7) is 0. The van der Waals surface area contributed by atoms with E-state index in [4.69, 9.17) is 0 Å². The first-order chi connectivity index (χ1) is 15.7. The van der Waals surface area contributed by atoms with Gasteiger partial charge in [-0.05, 0) is 53.3 Å². The van der Waals surface area contributed by atoms with Crippen molar-refractivity contribution in [2.24, 2.45) is 0 Å². The van der Waals surface area contributed by atoms with Crippen LogP contribution in [0.4, 0.5) is 5.69 Å². The Kier molecular flexibility index (Phi) is 4.69. The first kappa shape index (κ1) is 19.4. The van der Waals surface area contributed by atoms with E-state index in [-0.39, 0.29) is 17.7 Å². The van der Waals surface area contributed by atoms with E-state index in [1.54, 1.807) is 0 Å². The number of hydrogen-bond donors (Lipinski definition) is 1. The van der Waals surface area contributed by atoms with E-state index in [0.717, 1.165) is 49.8 Å². The molecule has 1 aliphatic carbocycles. The van der Waals surface area contributed by atoms with Crippen molar-refractivity contribution in [3.8, 4) is 0 Å². The number of Topliss-reactive ketones (excluding diaryl/α,β-unsaturated/α-hetero) is 1. The van der Waals surface area contributed by atoms with Gasteiger partial charge in [0.25, 0.3) is 0 Å². The molecule has 2 aliphatic rings. The maximum absolute atomic E-state index is 13.7. The lowest BCUT2D eigenvalue weighted by atomic mass is 9.72. The lowest BCUT2D eigenvalue weighted by molar-refractivity contribution is -0.116. The van der Waals surface area contributed by atoms with E-state index in [9.17, 15) is 4.79 Å². The molecule has 4 heteroatoms. The molecule has 0 saturated carbocycles. The Bertz CT molecular complexity index is 1390. The fourth-order valence-corrected chi connectivity index (χ4v) is 5.75. The Balaban J connectivity index is 1.60. The highest BCUT2D eigenvalue weighted by atomic mass is 79.9. The number of nitrogens with zero attached hydrogens (tertiary/aromatic N) is 1. The van der Waals surface area contributed by atoms with E-state index in [1.165, 1.54) is 5.56 Å².